The summed E-state index contributed by atoms with van der Waals surface area (Å²) in [6.07, 6.45) is 1.61. The molecule has 1 aromatic heterocycles. The predicted molar refractivity (Wildman–Crippen MR) is 127 cm³/mol. The van der Waals surface area contributed by atoms with Crippen LogP contribution >= 0.6 is 0 Å². The molecule has 3 rings (SSSR count). The Kier molecular flexibility index (Phi) is 8.26. The van der Waals surface area contributed by atoms with Crippen molar-refractivity contribution in [1.29, 1.82) is 0 Å². The van der Waals surface area contributed by atoms with Crippen molar-refractivity contribution in [2.45, 2.75) is 51.0 Å². The standard InChI is InChI=1S/C24H29N3O5S/c1-17(2)27-33(29,30)23-11-9-20(10-12-23)26-24(28)18(3)25-21-7-4-6-19(14-21)15-31-16-22-8-5-13-32-22/h4-14,17-18,25,27H,15-16H2,1-3H3,(H,26,28). The van der Waals surface area contributed by atoms with E-state index < -0.39 is 16.1 Å². The van der Waals surface area contributed by atoms with Crippen molar-refractivity contribution in [3.8, 4) is 0 Å². The molecule has 1 atom stereocenters. The van der Waals surface area contributed by atoms with E-state index in [9.17, 15) is 13.2 Å². The van der Waals surface area contributed by atoms with Gasteiger partial charge in [0.25, 0.3) is 0 Å². The minimum Gasteiger partial charge on any atom is -0.467 e. The summed E-state index contributed by atoms with van der Waals surface area (Å²) in [5.74, 6) is 0.516. The first-order chi connectivity index (χ1) is 15.7. The fourth-order valence-electron chi connectivity index (χ4n) is 3.08. The van der Waals surface area contributed by atoms with Crippen LogP contribution in [0.15, 0.2) is 76.2 Å². The number of carbonyl (C=O) groups excluding carboxylic acids is 1. The van der Waals surface area contributed by atoms with E-state index in [4.69, 9.17) is 9.15 Å². The van der Waals surface area contributed by atoms with Crippen molar-refractivity contribution in [2.24, 2.45) is 0 Å². The first-order valence-corrected chi connectivity index (χ1v) is 12.1. The van der Waals surface area contributed by atoms with Gasteiger partial charge in [-0.05, 0) is 74.9 Å². The van der Waals surface area contributed by atoms with E-state index >= 15 is 0 Å². The Balaban J connectivity index is 1.53. The van der Waals surface area contributed by atoms with E-state index in [-0.39, 0.29) is 16.8 Å². The summed E-state index contributed by atoms with van der Waals surface area (Å²) in [5, 5.41) is 5.97. The zero-order chi connectivity index (χ0) is 23.8. The number of carbonyl (C=O) groups is 1. The van der Waals surface area contributed by atoms with Crippen LogP contribution in [-0.2, 0) is 32.8 Å². The largest absolute Gasteiger partial charge is 0.467 e. The van der Waals surface area contributed by atoms with Gasteiger partial charge in [0.15, 0.2) is 0 Å². The predicted octanol–water partition coefficient (Wildman–Crippen LogP) is 4.12. The molecule has 0 bridgehead atoms. The fraction of sp³-hybridized carbons (Fsp3) is 0.292. The Hall–Kier alpha value is -3.14. The summed E-state index contributed by atoms with van der Waals surface area (Å²) < 4.78 is 37.9. The van der Waals surface area contributed by atoms with E-state index in [2.05, 4.69) is 15.4 Å². The van der Waals surface area contributed by atoms with Crippen molar-refractivity contribution >= 4 is 27.3 Å². The molecule has 2 aromatic carbocycles. The number of sulfonamides is 1. The second kappa shape index (κ2) is 11.1. The molecule has 8 nitrogen and oxygen atoms in total. The smallest absolute Gasteiger partial charge is 0.246 e. The number of nitrogens with one attached hydrogen (secondary N) is 3. The van der Waals surface area contributed by atoms with Gasteiger partial charge in [0.1, 0.15) is 18.4 Å². The van der Waals surface area contributed by atoms with Crippen molar-refractivity contribution in [2.75, 3.05) is 10.6 Å². The maximum absolute atomic E-state index is 12.6. The van der Waals surface area contributed by atoms with Crippen LogP contribution in [0.25, 0.3) is 0 Å². The van der Waals surface area contributed by atoms with Gasteiger partial charge < -0.3 is 19.8 Å². The molecule has 0 saturated heterocycles. The lowest BCUT2D eigenvalue weighted by Gasteiger charge is -2.16. The molecule has 0 aliphatic heterocycles. The van der Waals surface area contributed by atoms with E-state index in [0.29, 0.717) is 18.9 Å². The molecule has 1 heterocycles. The number of benzene rings is 2. The Bertz CT molecular complexity index is 1140. The molecule has 1 amide bonds. The molecule has 0 radical (unpaired) electrons. The van der Waals surface area contributed by atoms with Crippen molar-refractivity contribution < 1.29 is 22.4 Å². The highest BCUT2D eigenvalue weighted by molar-refractivity contribution is 7.89. The zero-order valence-corrected chi connectivity index (χ0v) is 19.7. The average molecular weight is 472 g/mol. The number of furan rings is 1. The lowest BCUT2D eigenvalue weighted by atomic mass is 10.2. The number of amides is 1. The molecule has 0 aliphatic rings. The molecular weight excluding hydrogens is 442 g/mol. The molecule has 3 N–H and O–H groups in total. The number of ether oxygens (including phenoxy) is 1. The Labute approximate surface area is 194 Å². The van der Waals surface area contributed by atoms with Crippen LogP contribution in [0, 0.1) is 0 Å². The van der Waals surface area contributed by atoms with E-state index in [1.807, 2.05) is 36.4 Å². The third-order valence-corrected chi connectivity index (χ3v) is 6.29. The molecular formula is C24H29N3O5S. The first-order valence-electron chi connectivity index (χ1n) is 10.6. The highest BCUT2D eigenvalue weighted by Crippen LogP contribution is 2.17. The quantitative estimate of drug-likeness (QED) is 0.388. The van der Waals surface area contributed by atoms with Gasteiger partial charge >= 0.3 is 0 Å². The Morgan fingerprint density at radius 3 is 2.39 bits per heavy atom. The molecule has 1 unspecified atom stereocenters. The van der Waals surface area contributed by atoms with Crippen LogP contribution in [-0.4, -0.2) is 26.4 Å². The number of hydrogen-bond donors (Lipinski definition) is 3. The number of hydrogen-bond acceptors (Lipinski definition) is 6. The third kappa shape index (κ3) is 7.45. The summed E-state index contributed by atoms with van der Waals surface area (Å²) in [5.41, 5.74) is 2.26. The lowest BCUT2D eigenvalue weighted by Crippen LogP contribution is -2.32. The highest BCUT2D eigenvalue weighted by atomic mass is 32.2. The summed E-state index contributed by atoms with van der Waals surface area (Å²) in [7, 11) is -3.58. The molecule has 0 saturated carbocycles. The van der Waals surface area contributed by atoms with Crippen molar-refractivity contribution in [3.63, 3.8) is 0 Å². The minimum atomic E-state index is -3.58. The van der Waals surface area contributed by atoms with E-state index in [1.165, 1.54) is 12.1 Å². The topological polar surface area (TPSA) is 110 Å². The Morgan fingerprint density at radius 1 is 0.970 bits per heavy atom. The van der Waals surface area contributed by atoms with Gasteiger partial charge in [-0.15, -0.1) is 0 Å². The summed E-state index contributed by atoms with van der Waals surface area (Å²) in [6.45, 7) is 6.06. The SMILES string of the molecule is CC(C)NS(=O)(=O)c1ccc(NC(=O)C(C)Nc2cccc(COCc3ccco3)c2)cc1. The van der Waals surface area contributed by atoms with E-state index in [0.717, 1.165) is 17.0 Å². The maximum Gasteiger partial charge on any atom is 0.246 e. The molecule has 9 heteroatoms. The summed E-state index contributed by atoms with van der Waals surface area (Å²) >= 11 is 0. The van der Waals surface area contributed by atoms with Crippen molar-refractivity contribution in [3.05, 3.63) is 78.3 Å². The zero-order valence-electron chi connectivity index (χ0n) is 18.9. The van der Waals surface area contributed by atoms with Crippen molar-refractivity contribution in [1.82, 2.24) is 4.72 Å². The lowest BCUT2D eigenvalue weighted by molar-refractivity contribution is -0.116. The van der Waals surface area contributed by atoms with Crippen LogP contribution in [0.3, 0.4) is 0 Å². The molecule has 0 aliphatic carbocycles. The van der Waals surface area contributed by atoms with Crippen LogP contribution in [0.1, 0.15) is 32.1 Å². The normalized spacial score (nSPS) is 12.5. The van der Waals surface area contributed by atoms with Gasteiger partial charge in [-0.3, -0.25) is 4.79 Å². The molecule has 3 aromatic rings. The Morgan fingerprint density at radius 2 is 1.73 bits per heavy atom. The van der Waals surface area contributed by atoms with Gasteiger partial charge in [0, 0.05) is 17.4 Å². The molecule has 176 valence electrons. The fourth-order valence-corrected chi connectivity index (χ4v) is 4.33. The minimum absolute atomic E-state index is 0.145. The van der Waals surface area contributed by atoms with Crippen LogP contribution < -0.4 is 15.4 Å². The van der Waals surface area contributed by atoms with Crippen LogP contribution in [0.5, 0.6) is 0 Å². The van der Waals surface area contributed by atoms with Crippen LogP contribution in [0.2, 0.25) is 0 Å². The van der Waals surface area contributed by atoms with Gasteiger partial charge in [-0.1, -0.05) is 12.1 Å². The number of anilines is 2. The average Bonchev–Trinajstić information content (AvgIpc) is 3.27. The maximum atomic E-state index is 12.6. The summed E-state index contributed by atoms with van der Waals surface area (Å²) in [6, 6.07) is 16.6. The first kappa shape index (κ1) is 24.5. The molecule has 33 heavy (non-hydrogen) atoms. The highest BCUT2D eigenvalue weighted by Gasteiger charge is 2.16. The van der Waals surface area contributed by atoms with Crippen LogP contribution in [0.4, 0.5) is 11.4 Å². The van der Waals surface area contributed by atoms with Gasteiger partial charge in [-0.25, -0.2) is 13.1 Å². The van der Waals surface area contributed by atoms with Gasteiger partial charge in [0.2, 0.25) is 15.9 Å². The number of rotatable bonds is 11. The second-order valence-electron chi connectivity index (χ2n) is 7.93. The molecule has 0 spiro atoms. The monoisotopic (exact) mass is 471 g/mol. The summed E-state index contributed by atoms with van der Waals surface area (Å²) in [4.78, 5) is 12.7. The second-order valence-corrected chi connectivity index (χ2v) is 9.64. The third-order valence-electron chi connectivity index (χ3n) is 4.62. The van der Waals surface area contributed by atoms with Gasteiger partial charge in [-0.2, -0.15) is 0 Å². The molecule has 0 fully saturated rings. The van der Waals surface area contributed by atoms with E-state index in [1.54, 1.807) is 39.2 Å². The van der Waals surface area contributed by atoms with Gasteiger partial charge in [0.05, 0.1) is 17.8 Å².